The zero-order valence-corrected chi connectivity index (χ0v) is 13.7. The van der Waals surface area contributed by atoms with Gasteiger partial charge in [-0.2, -0.15) is 5.10 Å². The van der Waals surface area contributed by atoms with Gasteiger partial charge in [-0.3, -0.25) is 4.79 Å². The van der Waals surface area contributed by atoms with E-state index >= 15 is 0 Å². The van der Waals surface area contributed by atoms with Gasteiger partial charge in [0.1, 0.15) is 0 Å². The molecule has 0 bridgehead atoms. The van der Waals surface area contributed by atoms with Gasteiger partial charge in [0.15, 0.2) is 5.13 Å². The summed E-state index contributed by atoms with van der Waals surface area (Å²) in [6, 6.07) is 12.9. The third kappa shape index (κ3) is 3.32. The molecule has 0 aliphatic rings. The lowest BCUT2D eigenvalue weighted by atomic mass is 10.2. The van der Waals surface area contributed by atoms with Crippen molar-refractivity contribution in [3.8, 4) is 0 Å². The van der Waals surface area contributed by atoms with E-state index in [0.717, 1.165) is 20.3 Å². The fraction of sp³-hybridized carbons (Fsp3) is 0. The van der Waals surface area contributed by atoms with Crippen LogP contribution < -0.4 is 11.2 Å². The molecule has 0 fully saturated rings. The van der Waals surface area contributed by atoms with E-state index < -0.39 is 0 Å². The van der Waals surface area contributed by atoms with Gasteiger partial charge in [0.25, 0.3) is 5.91 Å². The summed E-state index contributed by atoms with van der Waals surface area (Å²) in [6.45, 7) is 0. The van der Waals surface area contributed by atoms with Crippen molar-refractivity contribution < 1.29 is 4.79 Å². The van der Waals surface area contributed by atoms with E-state index in [2.05, 4.69) is 31.4 Å². The Hall–Kier alpha value is -2.25. The van der Waals surface area contributed by atoms with Gasteiger partial charge in [-0.05, 0) is 35.9 Å². The molecule has 0 saturated carbocycles. The first-order chi connectivity index (χ1) is 10.6. The van der Waals surface area contributed by atoms with Crippen LogP contribution in [0.1, 0.15) is 15.9 Å². The van der Waals surface area contributed by atoms with Crippen LogP contribution in [0.5, 0.6) is 0 Å². The van der Waals surface area contributed by atoms with Crippen LogP contribution in [-0.2, 0) is 0 Å². The van der Waals surface area contributed by atoms with Gasteiger partial charge in [-0.1, -0.05) is 39.4 Å². The average molecular weight is 375 g/mol. The van der Waals surface area contributed by atoms with Crippen LogP contribution in [0, 0.1) is 0 Å². The number of rotatable bonds is 3. The molecule has 0 unspecified atom stereocenters. The Morgan fingerprint density at radius 2 is 2.18 bits per heavy atom. The first-order valence-electron chi connectivity index (χ1n) is 6.37. The number of nitrogens with one attached hydrogen (secondary N) is 1. The maximum atomic E-state index is 12.1. The van der Waals surface area contributed by atoms with Crippen molar-refractivity contribution in [2.45, 2.75) is 0 Å². The Kier molecular flexibility index (Phi) is 4.17. The van der Waals surface area contributed by atoms with Crippen molar-refractivity contribution in [1.29, 1.82) is 0 Å². The number of benzene rings is 2. The largest absolute Gasteiger partial charge is 0.375 e. The van der Waals surface area contributed by atoms with E-state index in [1.807, 2.05) is 24.3 Å². The van der Waals surface area contributed by atoms with E-state index in [-0.39, 0.29) is 5.91 Å². The predicted octanol–water partition coefficient (Wildman–Crippen LogP) is 3.40. The molecule has 0 radical (unpaired) electrons. The van der Waals surface area contributed by atoms with Crippen LogP contribution in [0.3, 0.4) is 0 Å². The number of carbonyl (C=O) groups is 1. The van der Waals surface area contributed by atoms with Crippen molar-refractivity contribution in [3.05, 3.63) is 58.1 Å². The summed E-state index contributed by atoms with van der Waals surface area (Å²) in [5.41, 5.74) is 10.4. The van der Waals surface area contributed by atoms with E-state index in [1.54, 1.807) is 24.4 Å². The highest BCUT2D eigenvalue weighted by Crippen LogP contribution is 2.24. The van der Waals surface area contributed by atoms with Crippen LogP contribution in [0.2, 0.25) is 0 Å². The van der Waals surface area contributed by atoms with Gasteiger partial charge in [-0.25, -0.2) is 10.4 Å². The van der Waals surface area contributed by atoms with Crippen molar-refractivity contribution in [2.24, 2.45) is 5.10 Å². The summed E-state index contributed by atoms with van der Waals surface area (Å²) in [6.07, 6.45) is 1.59. The highest BCUT2D eigenvalue weighted by molar-refractivity contribution is 9.10. The number of fused-ring (bicyclic) bond motifs is 1. The Balaban J connectivity index is 1.72. The lowest BCUT2D eigenvalue weighted by Crippen LogP contribution is -2.17. The number of carbonyl (C=O) groups excluding carboxylic acids is 1. The Bertz CT molecular complexity index is 875. The number of hydrazone groups is 1. The predicted molar refractivity (Wildman–Crippen MR) is 93.2 cm³/mol. The highest BCUT2D eigenvalue weighted by atomic mass is 79.9. The number of nitrogens with zero attached hydrogens (tertiary/aromatic N) is 2. The van der Waals surface area contributed by atoms with E-state index in [4.69, 9.17) is 5.73 Å². The van der Waals surface area contributed by atoms with Crippen molar-refractivity contribution >= 4 is 54.7 Å². The molecule has 0 aliphatic carbocycles. The van der Waals surface area contributed by atoms with E-state index in [0.29, 0.717) is 10.7 Å². The molecule has 3 aromatic rings. The molecule has 1 heterocycles. The molecule has 0 saturated heterocycles. The molecular weight excluding hydrogens is 364 g/mol. The first-order valence-corrected chi connectivity index (χ1v) is 7.98. The summed E-state index contributed by atoms with van der Waals surface area (Å²) in [7, 11) is 0. The Morgan fingerprint density at radius 3 is 3.00 bits per heavy atom. The summed E-state index contributed by atoms with van der Waals surface area (Å²) in [5, 5.41) is 4.45. The molecule has 7 heteroatoms. The molecule has 22 heavy (non-hydrogen) atoms. The second kappa shape index (κ2) is 6.25. The van der Waals surface area contributed by atoms with Crippen LogP contribution in [-0.4, -0.2) is 17.1 Å². The number of halogens is 1. The van der Waals surface area contributed by atoms with Crippen LogP contribution in [0.25, 0.3) is 10.2 Å². The van der Waals surface area contributed by atoms with Gasteiger partial charge in [0, 0.05) is 10.0 Å². The zero-order chi connectivity index (χ0) is 15.5. The van der Waals surface area contributed by atoms with E-state index in [1.165, 1.54) is 11.3 Å². The topological polar surface area (TPSA) is 80.4 Å². The number of aromatic nitrogens is 1. The third-order valence-electron chi connectivity index (χ3n) is 2.90. The highest BCUT2D eigenvalue weighted by Gasteiger charge is 2.07. The average Bonchev–Trinajstić information content (AvgIpc) is 2.86. The fourth-order valence-corrected chi connectivity index (χ4v) is 3.09. The number of thiazole rings is 1. The first kappa shape index (κ1) is 14.7. The van der Waals surface area contributed by atoms with Gasteiger partial charge < -0.3 is 5.73 Å². The molecule has 110 valence electrons. The molecule has 1 amide bonds. The number of hydrogen-bond donors (Lipinski definition) is 2. The molecular formula is C15H11BrN4OS. The summed E-state index contributed by atoms with van der Waals surface area (Å²) in [5.74, 6) is -0.278. The van der Waals surface area contributed by atoms with Gasteiger partial charge >= 0.3 is 0 Å². The summed E-state index contributed by atoms with van der Waals surface area (Å²) >= 11 is 4.73. The normalized spacial score (nSPS) is 11.1. The fourth-order valence-electron chi connectivity index (χ4n) is 1.90. The summed E-state index contributed by atoms with van der Waals surface area (Å²) < 4.78 is 1.83. The summed E-state index contributed by atoms with van der Waals surface area (Å²) in [4.78, 5) is 16.2. The van der Waals surface area contributed by atoms with Crippen molar-refractivity contribution in [2.75, 3.05) is 5.73 Å². The number of amides is 1. The SMILES string of the molecule is Nc1nc2ccc(C(=O)N/N=C\c3cccc(Br)c3)cc2s1. The maximum Gasteiger partial charge on any atom is 0.271 e. The minimum atomic E-state index is -0.278. The molecule has 2 aromatic carbocycles. The zero-order valence-electron chi connectivity index (χ0n) is 11.3. The Morgan fingerprint density at radius 1 is 1.32 bits per heavy atom. The molecule has 3 rings (SSSR count). The number of hydrogen-bond acceptors (Lipinski definition) is 5. The Labute approximate surface area is 139 Å². The molecule has 3 N–H and O–H groups in total. The second-order valence-electron chi connectivity index (χ2n) is 4.49. The van der Waals surface area contributed by atoms with E-state index in [9.17, 15) is 4.79 Å². The van der Waals surface area contributed by atoms with Gasteiger partial charge in [0.05, 0.1) is 16.4 Å². The molecule has 1 aromatic heterocycles. The third-order valence-corrected chi connectivity index (χ3v) is 4.24. The van der Waals surface area contributed by atoms with Gasteiger partial charge in [0.2, 0.25) is 0 Å². The maximum absolute atomic E-state index is 12.1. The molecule has 5 nitrogen and oxygen atoms in total. The molecule has 0 atom stereocenters. The van der Waals surface area contributed by atoms with Crippen LogP contribution in [0.15, 0.2) is 52.0 Å². The monoisotopic (exact) mass is 374 g/mol. The second-order valence-corrected chi connectivity index (χ2v) is 6.47. The lowest BCUT2D eigenvalue weighted by molar-refractivity contribution is 0.0955. The molecule has 0 spiro atoms. The van der Waals surface area contributed by atoms with Crippen molar-refractivity contribution in [1.82, 2.24) is 10.4 Å². The minimum Gasteiger partial charge on any atom is -0.375 e. The number of nitrogens with two attached hydrogens (primary N) is 1. The minimum absolute atomic E-state index is 0.278. The molecule has 0 aliphatic heterocycles. The van der Waals surface area contributed by atoms with Crippen LogP contribution >= 0.6 is 27.3 Å². The number of nitrogen functional groups attached to an aromatic ring is 1. The lowest BCUT2D eigenvalue weighted by Gasteiger charge is -2.00. The standard InChI is InChI=1S/C15H11BrN4OS/c16-11-3-1-2-9(6-11)8-18-20-14(21)10-4-5-12-13(7-10)22-15(17)19-12/h1-8H,(H2,17,19)(H,20,21)/b18-8-. The number of anilines is 1. The van der Waals surface area contributed by atoms with Gasteiger partial charge in [-0.15, -0.1) is 0 Å². The van der Waals surface area contributed by atoms with Crippen LogP contribution in [0.4, 0.5) is 5.13 Å². The smallest absolute Gasteiger partial charge is 0.271 e. The quantitative estimate of drug-likeness (QED) is 0.544. The van der Waals surface area contributed by atoms with Crippen molar-refractivity contribution in [3.63, 3.8) is 0 Å².